The molecule has 0 fully saturated rings. The first-order valence-corrected chi connectivity index (χ1v) is 6.66. The average molecular weight is 295 g/mol. The molecule has 2 aromatic heterocycles. The van der Waals surface area contributed by atoms with Crippen LogP contribution in [0, 0.1) is 0 Å². The molecule has 1 atom stereocenters. The van der Waals surface area contributed by atoms with E-state index in [2.05, 4.69) is 25.6 Å². The van der Waals surface area contributed by atoms with E-state index in [9.17, 15) is 9.59 Å². The van der Waals surface area contributed by atoms with Crippen molar-refractivity contribution >= 4 is 23.3 Å². The van der Waals surface area contributed by atoms with E-state index < -0.39 is 18.0 Å². The summed E-state index contributed by atoms with van der Waals surface area (Å²) in [4.78, 5) is 33.4. The van der Waals surface area contributed by atoms with Gasteiger partial charge in [0.25, 0.3) is 0 Å². The van der Waals surface area contributed by atoms with Crippen molar-refractivity contribution in [2.75, 3.05) is 0 Å². The van der Waals surface area contributed by atoms with Crippen molar-refractivity contribution in [3.8, 4) is 0 Å². The van der Waals surface area contributed by atoms with Crippen LogP contribution in [0.5, 0.6) is 0 Å². The minimum absolute atomic E-state index is 0.139. The van der Waals surface area contributed by atoms with Crippen LogP contribution >= 0.6 is 11.3 Å². The van der Waals surface area contributed by atoms with Crippen LogP contribution in [0.4, 0.5) is 4.79 Å². The van der Waals surface area contributed by atoms with E-state index >= 15 is 0 Å². The zero-order chi connectivity index (χ0) is 14.4. The molecule has 2 aromatic rings. The highest BCUT2D eigenvalue weighted by atomic mass is 32.1. The highest BCUT2D eigenvalue weighted by Crippen LogP contribution is 2.03. The molecule has 0 radical (unpaired) electrons. The number of amides is 2. The van der Waals surface area contributed by atoms with E-state index in [1.807, 2.05) is 0 Å². The van der Waals surface area contributed by atoms with E-state index in [0.29, 0.717) is 5.69 Å². The quantitative estimate of drug-likeness (QED) is 0.613. The van der Waals surface area contributed by atoms with Gasteiger partial charge in [-0.1, -0.05) is 0 Å². The Morgan fingerprint density at radius 2 is 2.35 bits per heavy atom. The first kappa shape index (κ1) is 14.0. The molecule has 106 valence electrons. The number of aromatic nitrogens is 3. The molecule has 0 bridgehead atoms. The summed E-state index contributed by atoms with van der Waals surface area (Å²) in [5.74, 6) is -1.11. The fourth-order valence-corrected chi connectivity index (χ4v) is 2.08. The topological polar surface area (TPSA) is 120 Å². The van der Waals surface area contributed by atoms with Crippen LogP contribution in [0.3, 0.4) is 0 Å². The standard InChI is InChI=1S/C11H13N5O3S/c17-10(18)8(3-7-4-12-6-15-7)16-11(19)14-5-9-13-1-2-20-9/h1-2,4,6,8H,3,5H2,(H,12,15)(H,17,18)(H2,14,16,19). The fourth-order valence-electron chi connectivity index (χ4n) is 1.52. The maximum Gasteiger partial charge on any atom is 0.326 e. The Hall–Kier alpha value is -2.42. The Labute approximate surface area is 118 Å². The van der Waals surface area contributed by atoms with Crippen LogP contribution in [0.2, 0.25) is 0 Å². The van der Waals surface area contributed by atoms with Gasteiger partial charge in [0.15, 0.2) is 0 Å². The van der Waals surface area contributed by atoms with Gasteiger partial charge in [0.1, 0.15) is 11.0 Å². The molecule has 8 nitrogen and oxygen atoms in total. The summed E-state index contributed by atoms with van der Waals surface area (Å²) in [5, 5.41) is 16.6. The lowest BCUT2D eigenvalue weighted by Crippen LogP contribution is -2.46. The van der Waals surface area contributed by atoms with E-state index in [1.54, 1.807) is 11.6 Å². The van der Waals surface area contributed by atoms with Crippen LogP contribution in [0.15, 0.2) is 24.1 Å². The second-order valence-electron chi connectivity index (χ2n) is 3.92. The predicted molar refractivity (Wildman–Crippen MR) is 71.2 cm³/mol. The number of carboxylic acid groups (broad SMARTS) is 1. The Balaban J connectivity index is 1.84. The summed E-state index contributed by atoms with van der Waals surface area (Å²) in [5.41, 5.74) is 0.637. The van der Waals surface area contributed by atoms with Gasteiger partial charge in [0, 0.05) is 29.9 Å². The lowest BCUT2D eigenvalue weighted by atomic mass is 10.2. The van der Waals surface area contributed by atoms with Crippen molar-refractivity contribution in [3.63, 3.8) is 0 Å². The first-order chi connectivity index (χ1) is 9.65. The van der Waals surface area contributed by atoms with E-state index in [0.717, 1.165) is 5.01 Å². The molecule has 0 aliphatic rings. The van der Waals surface area contributed by atoms with Gasteiger partial charge in [-0.3, -0.25) is 0 Å². The van der Waals surface area contributed by atoms with Gasteiger partial charge in [0.05, 0.1) is 12.9 Å². The summed E-state index contributed by atoms with van der Waals surface area (Å²) in [6, 6.07) is -1.57. The van der Waals surface area contributed by atoms with Crippen LogP contribution in [0.1, 0.15) is 10.7 Å². The van der Waals surface area contributed by atoms with Crippen molar-refractivity contribution in [2.45, 2.75) is 19.0 Å². The zero-order valence-corrected chi connectivity index (χ0v) is 11.2. The maximum absolute atomic E-state index is 11.6. The Morgan fingerprint density at radius 1 is 1.50 bits per heavy atom. The van der Waals surface area contributed by atoms with Crippen molar-refractivity contribution in [3.05, 3.63) is 34.8 Å². The van der Waals surface area contributed by atoms with Gasteiger partial charge in [-0.15, -0.1) is 11.3 Å². The monoisotopic (exact) mass is 295 g/mol. The number of urea groups is 1. The molecule has 0 saturated carbocycles. The smallest absolute Gasteiger partial charge is 0.326 e. The first-order valence-electron chi connectivity index (χ1n) is 5.78. The molecule has 2 amide bonds. The highest BCUT2D eigenvalue weighted by molar-refractivity contribution is 7.09. The van der Waals surface area contributed by atoms with Crippen molar-refractivity contribution in [1.82, 2.24) is 25.6 Å². The molecule has 4 N–H and O–H groups in total. The number of rotatable bonds is 6. The minimum Gasteiger partial charge on any atom is -0.480 e. The fraction of sp³-hybridized carbons (Fsp3) is 0.273. The largest absolute Gasteiger partial charge is 0.480 e. The average Bonchev–Trinajstić information content (AvgIpc) is 3.08. The number of aromatic amines is 1. The highest BCUT2D eigenvalue weighted by Gasteiger charge is 2.20. The number of nitrogens with zero attached hydrogens (tertiary/aromatic N) is 2. The van der Waals surface area contributed by atoms with Gasteiger partial charge < -0.3 is 20.7 Å². The third kappa shape index (κ3) is 4.05. The molecule has 1 unspecified atom stereocenters. The SMILES string of the molecule is O=C(NCc1nccs1)NC(Cc1cnc[nH]1)C(=O)O. The number of carbonyl (C=O) groups is 2. The lowest BCUT2D eigenvalue weighted by molar-refractivity contribution is -0.139. The normalized spacial score (nSPS) is 11.8. The van der Waals surface area contributed by atoms with Gasteiger partial charge in [-0.2, -0.15) is 0 Å². The van der Waals surface area contributed by atoms with Crippen molar-refractivity contribution < 1.29 is 14.7 Å². The van der Waals surface area contributed by atoms with Crippen LogP contribution < -0.4 is 10.6 Å². The number of hydrogen-bond acceptors (Lipinski definition) is 5. The molecule has 9 heteroatoms. The van der Waals surface area contributed by atoms with Crippen molar-refractivity contribution in [1.29, 1.82) is 0 Å². The summed E-state index contributed by atoms with van der Waals surface area (Å²) in [7, 11) is 0. The third-order valence-corrected chi connectivity index (χ3v) is 3.25. The molecule has 0 aliphatic carbocycles. The summed E-state index contributed by atoms with van der Waals surface area (Å²) < 4.78 is 0. The zero-order valence-electron chi connectivity index (χ0n) is 10.4. The number of nitrogens with one attached hydrogen (secondary N) is 3. The number of H-pyrrole nitrogens is 1. The third-order valence-electron chi connectivity index (χ3n) is 2.47. The summed E-state index contributed by atoms with van der Waals surface area (Å²) in [6.07, 6.45) is 4.75. The Bertz CT molecular complexity index is 555. The van der Waals surface area contributed by atoms with Gasteiger partial charge >= 0.3 is 12.0 Å². The second-order valence-corrected chi connectivity index (χ2v) is 4.90. The Kier molecular flexibility index (Phi) is 4.66. The molecule has 0 saturated heterocycles. The van der Waals surface area contributed by atoms with E-state index in [1.165, 1.54) is 23.9 Å². The van der Waals surface area contributed by atoms with Crippen LogP contribution in [0.25, 0.3) is 0 Å². The molecular weight excluding hydrogens is 282 g/mol. The summed E-state index contributed by atoms with van der Waals surface area (Å²) >= 11 is 1.41. The summed E-state index contributed by atoms with van der Waals surface area (Å²) in [6.45, 7) is 0.264. The number of hydrogen-bond donors (Lipinski definition) is 4. The minimum atomic E-state index is -1.11. The number of thiazole rings is 1. The molecular formula is C11H13N5O3S. The van der Waals surface area contributed by atoms with Crippen molar-refractivity contribution in [2.24, 2.45) is 0 Å². The second kappa shape index (κ2) is 6.66. The van der Waals surface area contributed by atoms with Gasteiger partial charge in [-0.05, 0) is 0 Å². The number of imidazole rings is 1. The van der Waals surface area contributed by atoms with Crippen LogP contribution in [-0.4, -0.2) is 38.1 Å². The number of aliphatic carboxylic acids is 1. The van der Waals surface area contributed by atoms with Gasteiger partial charge in [-0.25, -0.2) is 19.6 Å². The molecule has 0 aliphatic heterocycles. The molecule has 2 heterocycles. The van der Waals surface area contributed by atoms with Gasteiger partial charge in [0.2, 0.25) is 0 Å². The molecule has 2 rings (SSSR count). The van der Waals surface area contributed by atoms with E-state index in [4.69, 9.17) is 5.11 Å². The number of carbonyl (C=O) groups excluding carboxylic acids is 1. The molecule has 0 aromatic carbocycles. The number of carboxylic acids is 1. The Morgan fingerprint density at radius 3 is 2.95 bits per heavy atom. The lowest BCUT2D eigenvalue weighted by Gasteiger charge is -2.13. The maximum atomic E-state index is 11.6. The molecule has 20 heavy (non-hydrogen) atoms. The molecule has 0 spiro atoms. The van der Waals surface area contributed by atoms with Crippen LogP contribution in [-0.2, 0) is 17.8 Å². The predicted octanol–water partition coefficient (Wildman–Crippen LogP) is 0.361. The van der Waals surface area contributed by atoms with E-state index in [-0.39, 0.29) is 13.0 Å².